The van der Waals surface area contributed by atoms with Gasteiger partial charge in [0.15, 0.2) is 0 Å². The summed E-state index contributed by atoms with van der Waals surface area (Å²) >= 11 is 0. The Morgan fingerprint density at radius 1 is 0.216 bits per heavy atom. The Hall–Kier alpha value is -11.3. The zero-order valence-corrected chi connectivity index (χ0v) is 48.4. The molecule has 0 saturated heterocycles. The van der Waals surface area contributed by atoms with Crippen LogP contribution in [-0.4, -0.2) is 6.71 Å². The summed E-state index contributed by atoms with van der Waals surface area (Å²) in [4.78, 5) is 5.37. The number of hydrogen-bond acceptors (Lipinski definition) is 2. The molecule has 17 rings (SSSR count). The Kier molecular flexibility index (Phi) is 12.3. The van der Waals surface area contributed by atoms with Crippen LogP contribution in [0.3, 0.4) is 0 Å². The van der Waals surface area contributed by atoms with Crippen LogP contribution in [0.1, 0.15) is 22.3 Å². The topological polar surface area (TPSA) is 6.48 Å². The molecule has 1 aliphatic carbocycles. The molecular formula is C85H57BN2. The molecule has 88 heavy (non-hydrogen) atoms. The van der Waals surface area contributed by atoms with Crippen molar-refractivity contribution >= 4 is 57.2 Å². The molecule has 0 fully saturated rings. The van der Waals surface area contributed by atoms with Gasteiger partial charge in [0, 0.05) is 45.0 Å². The van der Waals surface area contributed by atoms with Crippen molar-refractivity contribution < 1.29 is 0 Å². The number of rotatable bonds is 10. The molecule has 14 aromatic carbocycles. The van der Waals surface area contributed by atoms with Crippen LogP contribution in [0.2, 0.25) is 0 Å². The molecule has 0 radical (unpaired) electrons. The Labute approximate surface area is 515 Å². The Morgan fingerprint density at radius 2 is 0.523 bits per heavy atom. The van der Waals surface area contributed by atoms with E-state index >= 15 is 0 Å². The van der Waals surface area contributed by atoms with Crippen LogP contribution >= 0.6 is 0 Å². The maximum absolute atomic E-state index is 2.69. The second-order valence-electron chi connectivity index (χ2n) is 23.4. The Bertz CT molecular complexity index is 4550. The minimum atomic E-state index is -0.760. The summed E-state index contributed by atoms with van der Waals surface area (Å²) in [6.07, 6.45) is 0. The normalized spacial score (nSPS) is 13.0. The molecule has 0 aromatic heterocycles. The van der Waals surface area contributed by atoms with Gasteiger partial charge in [0.05, 0.1) is 16.8 Å². The van der Waals surface area contributed by atoms with Gasteiger partial charge >= 0.3 is 0 Å². The SMILES string of the molecule is c1ccc(-c2ccc3c(c2)B2c4cc(-c5ccccc5)ccc4N(c4c(-c5ccccc5)cccc4-c4ccccc4)c4cc(C5(c6ccccc6)c6ccccc6-c6ccccc65)cc(c42)N3c2c(-c3ccccc3)cccc2-c2ccccc2)cc1. The summed E-state index contributed by atoms with van der Waals surface area (Å²) in [5, 5.41) is 0. The van der Waals surface area contributed by atoms with Gasteiger partial charge in [-0.2, -0.15) is 0 Å². The highest BCUT2D eigenvalue weighted by molar-refractivity contribution is 7.00. The van der Waals surface area contributed by atoms with E-state index in [1.807, 2.05) is 0 Å². The van der Waals surface area contributed by atoms with E-state index < -0.39 is 5.41 Å². The van der Waals surface area contributed by atoms with Gasteiger partial charge in [-0.3, -0.25) is 0 Å². The zero-order valence-electron chi connectivity index (χ0n) is 48.4. The largest absolute Gasteiger partial charge is 0.310 e. The average molecular weight is 1120 g/mol. The van der Waals surface area contributed by atoms with E-state index in [-0.39, 0.29) is 6.71 Å². The smallest absolute Gasteiger partial charge is 0.252 e. The van der Waals surface area contributed by atoms with Crippen molar-refractivity contribution in [3.63, 3.8) is 0 Å². The molecule has 2 aliphatic heterocycles. The second kappa shape index (κ2) is 21.1. The number of hydrogen-bond donors (Lipinski definition) is 0. The van der Waals surface area contributed by atoms with Crippen molar-refractivity contribution in [2.75, 3.05) is 9.80 Å². The molecule has 3 aliphatic rings. The van der Waals surface area contributed by atoms with Gasteiger partial charge in [0.2, 0.25) is 0 Å². The van der Waals surface area contributed by atoms with E-state index in [9.17, 15) is 0 Å². The monoisotopic (exact) mass is 1120 g/mol. The van der Waals surface area contributed by atoms with Crippen LogP contribution in [0.25, 0.3) is 77.9 Å². The number of fused-ring (bicyclic) bond motifs is 7. The highest BCUT2D eigenvalue weighted by Crippen LogP contribution is 2.60. The van der Waals surface area contributed by atoms with Crippen LogP contribution in [0, 0.1) is 0 Å². The highest BCUT2D eigenvalue weighted by atomic mass is 15.2. The van der Waals surface area contributed by atoms with Crippen molar-refractivity contribution in [2.24, 2.45) is 0 Å². The minimum absolute atomic E-state index is 0.229. The summed E-state index contributed by atoms with van der Waals surface area (Å²) in [5.41, 5.74) is 31.0. The summed E-state index contributed by atoms with van der Waals surface area (Å²) < 4.78 is 0. The molecule has 0 saturated carbocycles. The summed E-state index contributed by atoms with van der Waals surface area (Å²) in [7, 11) is 0. The molecule has 410 valence electrons. The van der Waals surface area contributed by atoms with E-state index in [1.165, 1.54) is 72.0 Å². The number of benzene rings is 14. The first-order chi connectivity index (χ1) is 43.7. The van der Waals surface area contributed by atoms with Gasteiger partial charge in [-0.25, -0.2) is 0 Å². The van der Waals surface area contributed by atoms with Gasteiger partial charge in [-0.05, 0) is 119 Å². The van der Waals surface area contributed by atoms with Gasteiger partial charge in [-0.15, -0.1) is 0 Å². The molecule has 2 heterocycles. The third kappa shape index (κ3) is 8.05. The second-order valence-corrected chi connectivity index (χ2v) is 23.4. The molecule has 14 aromatic rings. The lowest BCUT2D eigenvalue weighted by molar-refractivity contribution is 0.768. The third-order valence-corrected chi connectivity index (χ3v) is 18.7. The predicted octanol–water partition coefficient (Wildman–Crippen LogP) is 20.1. The van der Waals surface area contributed by atoms with Crippen molar-refractivity contribution in [1.82, 2.24) is 0 Å². The van der Waals surface area contributed by atoms with Gasteiger partial charge < -0.3 is 9.80 Å². The summed E-state index contributed by atoms with van der Waals surface area (Å²) in [5.74, 6) is 0. The molecule has 0 atom stereocenters. The molecular weight excluding hydrogens is 1060 g/mol. The van der Waals surface area contributed by atoms with Crippen molar-refractivity contribution in [1.29, 1.82) is 0 Å². The van der Waals surface area contributed by atoms with E-state index in [0.29, 0.717) is 0 Å². The molecule has 0 bridgehead atoms. The van der Waals surface area contributed by atoms with Gasteiger partial charge in [0.1, 0.15) is 0 Å². The molecule has 2 nitrogen and oxygen atoms in total. The fraction of sp³-hybridized carbons (Fsp3) is 0.0118. The van der Waals surface area contributed by atoms with Gasteiger partial charge in [-0.1, -0.05) is 322 Å². The lowest BCUT2D eigenvalue weighted by Crippen LogP contribution is -2.61. The molecule has 0 amide bonds. The molecule has 0 spiro atoms. The third-order valence-electron chi connectivity index (χ3n) is 18.7. The number of anilines is 6. The molecule has 0 unspecified atom stereocenters. The number of nitrogens with zero attached hydrogens (tertiary/aromatic N) is 2. The maximum atomic E-state index is 2.69. The Morgan fingerprint density at radius 3 is 0.886 bits per heavy atom. The molecule has 0 N–H and O–H groups in total. The minimum Gasteiger partial charge on any atom is -0.310 e. The lowest BCUT2D eigenvalue weighted by Gasteiger charge is -2.47. The van der Waals surface area contributed by atoms with Crippen LogP contribution in [-0.2, 0) is 5.41 Å². The van der Waals surface area contributed by atoms with E-state index in [2.05, 4.69) is 356 Å². The van der Waals surface area contributed by atoms with Crippen molar-refractivity contribution in [2.45, 2.75) is 5.41 Å². The number of para-hydroxylation sites is 2. The van der Waals surface area contributed by atoms with Crippen LogP contribution < -0.4 is 26.2 Å². The first kappa shape index (κ1) is 51.2. The van der Waals surface area contributed by atoms with E-state index in [1.54, 1.807) is 0 Å². The van der Waals surface area contributed by atoms with Gasteiger partial charge in [0.25, 0.3) is 6.71 Å². The summed E-state index contributed by atoms with van der Waals surface area (Å²) in [6.45, 7) is -0.229. The van der Waals surface area contributed by atoms with Crippen LogP contribution in [0.5, 0.6) is 0 Å². The van der Waals surface area contributed by atoms with E-state index in [0.717, 1.165) is 78.6 Å². The first-order valence-corrected chi connectivity index (χ1v) is 30.6. The average Bonchev–Trinajstić information content (AvgIpc) is 1.15. The maximum Gasteiger partial charge on any atom is 0.252 e. The fourth-order valence-corrected chi connectivity index (χ4v) is 15.0. The van der Waals surface area contributed by atoms with Crippen molar-refractivity contribution in [3.8, 4) is 77.9 Å². The van der Waals surface area contributed by atoms with Crippen molar-refractivity contribution in [3.05, 3.63) is 368 Å². The van der Waals surface area contributed by atoms with E-state index in [4.69, 9.17) is 0 Å². The standard InChI is InChI=1S/C85H57BN2/c1-8-28-58(29-9-1)64-50-52-78-76(54-64)86-77-55-65(59-30-10-2-11-31-59)51-53-79(77)88(84-70(62-36-16-5-17-37-62)46-27-47-71(84)63-38-18-6-19-39-63)81-57-67(85(66-40-20-7-21-41-66)74-48-24-22-42-72(74)73-43-23-25-49-75(73)85)56-80(82(81)86)87(78)83-68(60-32-12-3-13-33-60)44-26-45-69(83)61-34-14-4-15-35-61/h1-57H. The Balaban J connectivity index is 1.10. The summed E-state index contributed by atoms with van der Waals surface area (Å²) in [6, 6.07) is 129. The quantitative estimate of drug-likeness (QED) is 0.126. The van der Waals surface area contributed by atoms with Crippen LogP contribution in [0.4, 0.5) is 34.1 Å². The first-order valence-electron chi connectivity index (χ1n) is 30.6. The highest BCUT2D eigenvalue weighted by Gasteiger charge is 2.50. The predicted molar refractivity (Wildman–Crippen MR) is 370 cm³/mol. The fourth-order valence-electron chi connectivity index (χ4n) is 15.0. The zero-order chi connectivity index (χ0) is 58.1. The molecule has 3 heteroatoms. The van der Waals surface area contributed by atoms with Crippen LogP contribution in [0.15, 0.2) is 346 Å². The lowest BCUT2D eigenvalue weighted by atomic mass is 9.33.